The molecule has 0 radical (unpaired) electrons. The summed E-state index contributed by atoms with van der Waals surface area (Å²) >= 11 is 0. The number of alkyl halides is 3. The van der Waals surface area contributed by atoms with Gasteiger partial charge in [-0.3, -0.25) is 9.78 Å². The molecule has 3 aromatic heterocycles. The van der Waals surface area contributed by atoms with Gasteiger partial charge in [0.25, 0.3) is 5.91 Å². The van der Waals surface area contributed by atoms with Gasteiger partial charge in [0.15, 0.2) is 5.82 Å². The number of aliphatic hydroxyl groups excluding tert-OH is 1. The van der Waals surface area contributed by atoms with Gasteiger partial charge in [-0.1, -0.05) is 6.08 Å². The van der Waals surface area contributed by atoms with Crippen molar-refractivity contribution in [1.29, 1.82) is 0 Å². The third kappa shape index (κ3) is 4.72. The van der Waals surface area contributed by atoms with Gasteiger partial charge in [-0.2, -0.15) is 18.3 Å². The van der Waals surface area contributed by atoms with E-state index in [4.69, 9.17) is 0 Å². The molecule has 1 aliphatic rings. The van der Waals surface area contributed by atoms with Crippen molar-refractivity contribution in [2.45, 2.75) is 52.3 Å². The molecular formula is C24H24F3N5O2. The van der Waals surface area contributed by atoms with E-state index < -0.39 is 17.6 Å². The minimum Gasteiger partial charge on any atom is -0.393 e. The summed E-state index contributed by atoms with van der Waals surface area (Å²) in [7, 11) is 0. The van der Waals surface area contributed by atoms with Gasteiger partial charge < -0.3 is 10.4 Å². The summed E-state index contributed by atoms with van der Waals surface area (Å²) in [5.74, 6) is -0.195. The first-order valence-electron chi connectivity index (χ1n) is 10.8. The van der Waals surface area contributed by atoms with Gasteiger partial charge in [-0.05, 0) is 68.9 Å². The second-order valence-electron chi connectivity index (χ2n) is 8.42. The molecule has 7 nitrogen and oxygen atoms in total. The van der Waals surface area contributed by atoms with E-state index in [9.17, 15) is 23.1 Å². The Balaban J connectivity index is 1.54. The molecule has 0 saturated carbocycles. The topological polar surface area (TPSA) is 92.9 Å². The zero-order valence-corrected chi connectivity index (χ0v) is 18.9. The minimum absolute atomic E-state index is 0.220. The molecule has 3 heterocycles. The van der Waals surface area contributed by atoms with Crippen molar-refractivity contribution in [3.8, 4) is 5.82 Å². The number of aryl methyl sites for hydroxylation is 2. The lowest BCUT2D eigenvalue weighted by Gasteiger charge is -2.18. The molecule has 0 aromatic carbocycles. The maximum atomic E-state index is 12.9. The van der Waals surface area contributed by atoms with Crippen LogP contribution in [0.15, 0.2) is 36.8 Å². The van der Waals surface area contributed by atoms with Crippen LogP contribution in [0.3, 0.4) is 0 Å². The normalized spacial score (nSPS) is 16.3. The molecule has 1 aliphatic carbocycles. The van der Waals surface area contributed by atoms with Gasteiger partial charge in [0, 0.05) is 6.20 Å². The number of carbonyl (C=O) groups excluding carboxylic acids is 1. The number of nitrogens with one attached hydrogen (secondary N) is 1. The highest BCUT2D eigenvalue weighted by Crippen LogP contribution is 2.31. The number of carbonyl (C=O) groups is 1. The third-order valence-electron chi connectivity index (χ3n) is 5.86. The average Bonchev–Trinajstić information content (AvgIpc) is 3.15. The van der Waals surface area contributed by atoms with Crippen molar-refractivity contribution in [2.24, 2.45) is 0 Å². The van der Waals surface area contributed by atoms with E-state index in [1.807, 2.05) is 19.1 Å². The lowest BCUT2D eigenvalue weighted by molar-refractivity contribution is -0.137. The molecule has 10 heteroatoms. The molecule has 34 heavy (non-hydrogen) atoms. The van der Waals surface area contributed by atoms with Gasteiger partial charge in [0.05, 0.1) is 46.7 Å². The first-order valence-corrected chi connectivity index (χ1v) is 10.8. The number of pyridine rings is 2. The highest BCUT2D eigenvalue weighted by Gasteiger charge is 2.31. The SMILES string of the molecule is Cc1cc(NC(=O)c2cnn(-c3ncc(C(F)(F)F)cc3C)c2C)cnc1C1=CCC(O)CC1. The minimum atomic E-state index is -4.49. The summed E-state index contributed by atoms with van der Waals surface area (Å²) in [6.07, 6.45) is 2.93. The Morgan fingerprint density at radius 3 is 2.50 bits per heavy atom. The lowest BCUT2D eigenvalue weighted by atomic mass is 9.93. The fraction of sp³-hybridized carbons (Fsp3) is 0.333. The number of rotatable bonds is 4. The predicted molar refractivity (Wildman–Crippen MR) is 121 cm³/mol. The van der Waals surface area contributed by atoms with Crippen molar-refractivity contribution < 1.29 is 23.1 Å². The predicted octanol–water partition coefficient (Wildman–Crippen LogP) is 4.79. The molecule has 0 saturated heterocycles. The maximum absolute atomic E-state index is 12.9. The summed E-state index contributed by atoms with van der Waals surface area (Å²) < 4.78 is 40.2. The number of halogens is 3. The number of nitrogens with zero attached hydrogens (tertiary/aromatic N) is 4. The van der Waals surface area contributed by atoms with Crippen LogP contribution >= 0.6 is 0 Å². The van der Waals surface area contributed by atoms with Crippen LogP contribution in [-0.2, 0) is 6.18 Å². The number of hydrogen-bond acceptors (Lipinski definition) is 5. The molecule has 0 spiro atoms. The second kappa shape index (κ2) is 9.02. The molecule has 1 atom stereocenters. The Hall–Kier alpha value is -3.53. The van der Waals surface area contributed by atoms with Crippen LogP contribution in [0.2, 0.25) is 0 Å². The summed E-state index contributed by atoms with van der Waals surface area (Å²) in [5, 5.41) is 16.7. The summed E-state index contributed by atoms with van der Waals surface area (Å²) in [4.78, 5) is 21.3. The van der Waals surface area contributed by atoms with Crippen LogP contribution in [0.25, 0.3) is 11.4 Å². The van der Waals surface area contributed by atoms with E-state index in [1.165, 1.54) is 17.8 Å². The van der Waals surface area contributed by atoms with Gasteiger partial charge in [-0.15, -0.1) is 0 Å². The summed E-state index contributed by atoms with van der Waals surface area (Å²) in [5.41, 5.74) is 3.49. The Kier molecular flexibility index (Phi) is 6.26. The van der Waals surface area contributed by atoms with Crippen molar-refractivity contribution in [2.75, 3.05) is 5.32 Å². The Labute approximate surface area is 194 Å². The van der Waals surface area contributed by atoms with Gasteiger partial charge >= 0.3 is 6.18 Å². The molecule has 4 rings (SSSR count). The molecule has 2 N–H and O–H groups in total. The molecular weight excluding hydrogens is 447 g/mol. The van der Waals surface area contributed by atoms with E-state index in [2.05, 4.69) is 20.4 Å². The standard InChI is InChI=1S/C24H24F3N5O2/c1-13-9-18(11-28-21(13)16-4-6-19(33)7-5-16)31-23(34)20-12-30-32(15(20)3)22-14(2)8-17(10-29-22)24(25,26)27/h4,8-12,19,33H,5-7H2,1-3H3,(H,31,34). The monoisotopic (exact) mass is 471 g/mol. The van der Waals surface area contributed by atoms with Crippen LogP contribution in [0.4, 0.5) is 18.9 Å². The Morgan fingerprint density at radius 1 is 1.12 bits per heavy atom. The van der Waals surface area contributed by atoms with Crippen molar-refractivity contribution >= 4 is 17.2 Å². The van der Waals surface area contributed by atoms with Crippen LogP contribution in [0, 0.1) is 20.8 Å². The summed E-state index contributed by atoms with van der Waals surface area (Å²) in [6.45, 7) is 5.07. The van der Waals surface area contributed by atoms with Crippen LogP contribution < -0.4 is 5.32 Å². The second-order valence-corrected chi connectivity index (χ2v) is 8.42. The van der Waals surface area contributed by atoms with Crippen molar-refractivity contribution in [1.82, 2.24) is 19.7 Å². The molecule has 3 aromatic rings. The lowest BCUT2D eigenvalue weighted by Crippen LogP contribution is -2.15. The van der Waals surface area contributed by atoms with Crippen LogP contribution in [0.5, 0.6) is 0 Å². The van der Waals surface area contributed by atoms with E-state index in [0.29, 0.717) is 24.2 Å². The molecule has 0 fully saturated rings. The number of aliphatic hydroxyl groups is 1. The van der Waals surface area contributed by atoms with E-state index >= 15 is 0 Å². The number of aromatic nitrogens is 4. The molecule has 178 valence electrons. The first-order chi connectivity index (χ1) is 16.0. The van der Waals surface area contributed by atoms with E-state index in [0.717, 1.165) is 35.5 Å². The first kappa shape index (κ1) is 23.6. The van der Waals surface area contributed by atoms with Crippen molar-refractivity contribution in [3.05, 3.63) is 70.4 Å². The van der Waals surface area contributed by atoms with Crippen LogP contribution in [-0.4, -0.2) is 36.9 Å². The van der Waals surface area contributed by atoms with Gasteiger partial charge in [0.2, 0.25) is 0 Å². The molecule has 0 aliphatic heterocycles. The Bertz CT molecular complexity index is 1280. The van der Waals surface area contributed by atoms with Gasteiger partial charge in [-0.25, -0.2) is 9.67 Å². The zero-order valence-electron chi connectivity index (χ0n) is 18.9. The number of allylic oxidation sites excluding steroid dienone is 1. The zero-order chi connectivity index (χ0) is 24.6. The number of anilines is 1. The largest absolute Gasteiger partial charge is 0.417 e. The summed E-state index contributed by atoms with van der Waals surface area (Å²) in [6, 6.07) is 2.83. The third-order valence-corrected chi connectivity index (χ3v) is 5.86. The van der Waals surface area contributed by atoms with Crippen LogP contribution in [0.1, 0.15) is 57.7 Å². The molecule has 0 bridgehead atoms. The van der Waals surface area contributed by atoms with E-state index in [1.54, 1.807) is 13.1 Å². The van der Waals surface area contributed by atoms with E-state index in [-0.39, 0.29) is 23.0 Å². The quantitative estimate of drug-likeness (QED) is 0.571. The molecule has 1 amide bonds. The van der Waals surface area contributed by atoms with Gasteiger partial charge in [0.1, 0.15) is 0 Å². The molecule has 1 unspecified atom stereocenters. The Morgan fingerprint density at radius 2 is 1.88 bits per heavy atom. The maximum Gasteiger partial charge on any atom is 0.417 e. The average molecular weight is 471 g/mol. The number of hydrogen-bond donors (Lipinski definition) is 2. The fourth-order valence-electron chi connectivity index (χ4n) is 4.00. The smallest absolute Gasteiger partial charge is 0.393 e. The fourth-order valence-corrected chi connectivity index (χ4v) is 4.00. The number of amides is 1. The van der Waals surface area contributed by atoms with Crippen molar-refractivity contribution in [3.63, 3.8) is 0 Å². The highest BCUT2D eigenvalue weighted by atomic mass is 19.4. The highest BCUT2D eigenvalue weighted by molar-refractivity contribution is 6.05.